The zero-order valence-electron chi connectivity index (χ0n) is 7.10. The summed E-state index contributed by atoms with van der Waals surface area (Å²) in [6.07, 6.45) is 1.08. The third-order valence-electron chi connectivity index (χ3n) is 2.45. The molecule has 0 radical (unpaired) electrons. The molecule has 2 rings (SSSR count). The third kappa shape index (κ3) is 1.26. The molecule has 2 heterocycles. The van der Waals surface area contributed by atoms with Crippen LogP contribution in [0.25, 0.3) is 0 Å². The Balaban J connectivity index is 2.22. The first-order valence-electron chi connectivity index (χ1n) is 4.13. The molecule has 4 heteroatoms. The Morgan fingerprint density at radius 2 is 2.58 bits per heavy atom. The fourth-order valence-corrected chi connectivity index (χ4v) is 2.37. The second-order valence-electron chi connectivity index (χ2n) is 3.29. The van der Waals surface area contributed by atoms with Gasteiger partial charge in [0, 0.05) is 18.0 Å². The van der Waals surface area contributed by atoms with Crippen LogP contribution in [0.1, 0.15) is 18.2 Å². The van der Waals surface area contributed by atoms with Crippen molar-refractivity contribution in [3.05, 3.63) is 16.6 Å². The van der Waals surface area contributed by atoms with Gasteiger partial charge in [0.1, 0.15) is 0 Å². The topological polar surface area (TPSA) is 42.1 Å². The summed E-state index contributed by atoms with van der Waals surface area (Å²) in [5.41, 5.74) is 8.98. The summed E-state index contributed by atoms with van der Waals surface area (Å²) in [6.45, 7) is 1.09. The molecule has 1 saturated heterocycles. The van der Waals surface area contributed by atoms with E-state index in [0.29, 0.717) is 6.04 Å². The number of aromatic nitrogens is 1. The molecule has 66 valence electrons. The molecule has 1 aromatic rings. The minimum atomic E-state index is 0.261. The Hall–Kier alpha value is -0.450. The molecule has 1 fully saturated rings. The summed E-state index contributed by atoms with van der Waals surface area (Å²) < 4.78 is 0. The van der Waals surface area contributed by atoms with Gasteiger partial charge in [-0.05, 0) is 13.5 Å². The highest BCUT2D eigenvalue weighted by molar-refractivity contribution is 7.07. The van der Waals surface area contributed by atoms with Crippen molar-refractivity contribution in [2.45, 2.75) is 18.5 Å². The van der Waals surface area contributed by atoms with Crippen LogP contribution in [-0.2, 0) is 0 Å². The molecule has 0 bridgehead atoms. The quantitative estimate of drug-likeness (QED) is 0.701. The first-order valence-corrected chi connectivity index (χ1v) is 5.07. The van der Waals surface area contributed by atoms with Gasteiger partial charge in [0.15, 0.2) is 0 Å². The van der Waals surface area contributed by atoms with Crippen LogP contribution < -0.4 is 5.73 Å². The van der Waals surface area contributed by atoms with E-state index in [1.54, 1.807) is 11.3 Å². The summed E-state index contributed by atoms with van der Waals surface area (Å²) >= 11 is 1.64. The van der Waals surface area contributed by atoms with E-state index in [4.69, 9.17) is 5.73 Å². The summed E-state index contributed by atoms with van der Waals surface area (Å²) in [5, 5.41) is 2.09. The fourth-order valence-electron chi connectivity index (χ4n) is 1.79. The minimum absolute atomic E-state index is 0.261. The molecule has 12 heavy (non-hydrogen) atoms. The molecule has 2 N–H and O–H groups in total. The van der Waals surface area contributed by atoms with E-state index >= 15 is 0 Å². The van der Waals surface area contributed by atoms with Crippen LogP contribution in [0.3, 0.4) is 0 Å². The molecule has 2 atom stereocenters. The molecular formula is C8H13N3S. The van der Waals surface area contributed by atoms with Gasteiger partial charge < -0.3 is 5.73 Å². The number of rotatable bonds is 1. The van der Waals surface area contributed by atoms with Gasteiger partial charge >= 0.3 is 0 Å². The number of likely N-dealkylation sites (N-methyl/N-ethyl adjacent to an activating group) is 1. The lowest BCUT2D eigenvalue weighted by Crippen LogP contribution is -2.29. The van der Waals surface area contributed by atoms with Crippen LogP contribution >= 0.6 is 11.3 Å². The molecule has 0 amide bonds. The minimum Gasteiger partial charge on any atom is -0.326 e. The van der Waals surface area contributed by atoms with Crippen molar-refractivity contribution in [2.24, 2.45) is 5.73 Å². The van der Waals surface area contributed by atoms with Gasteiger partial charge in [0.2, 0.25) is 0 Å². The number of thiazole rings is 1. The van der Waals surface area contributed by atoms with E-state index in [1.807, 2.05) is 5.51 Å². The summed E-state index contributed by atoms with van der Waals surface area (Å²) in [5.74, 6) is 0. The van der Waals surface area contributed by atoms with Crippen LogP contribution in [-0.4, -0.2) is 29.5 Å². The van der Waals surface area contributed by atoms with Crippen molar-refractivity contribution < 1.29 is 0 Å². The smallest absolute Gasteiger partial charge is 0.0795 e. The van der Waals surface area contributed by atoms with Gasteiger partial charge in [0.25, 0.3) is 0 Å². The van der Waals surface area contributed by atoms with Crippen molar-refractivity contribution in [2.75, 3.05) is 13.6 Å². The average molecular weight is 183 g/mol. The van der Waals surface area contributed by atoms with E-state index in [0.717, 1.165) is 18.7 Å². The maximum absolute atomic E-state index is 5.98. The molecule has 1 aliphatic rings. The zero-order valence-corrected chi connectivity index (χ0v) is 7.92. The first-order chi connectivity index (χ1) is 5.79. The Bertz CT molecular complexity index is 237. The molecule has 1 aromatic heterocycles. The maximum Gasteiger partial charge on any atom is 0.0795 e. The number of likely N-dealkylation sites (tertiary alicyclic amines) is 1. The van der Waals surface area contributed by atoms with E-state index in [2.05, 4.69) is 22.3 Å². The molecule has 2 unspecified atom stereocenters. The van der Waals surface area contributed by atoms with Crippen LogP contribution in [0.5, 0.6) is 0 Å². The SMILES string of the molecule is CN1CCC(N)C1c1cscn1. The molecule has 0 saturated carbocycles. The lowest BCUT2D eigenvalue weighted by Gasteiger charge is -2.20. The van der Waals surface area contributed by atoms with Gasteiger partial charge in [-0.15, -0.1) is 11.3 Å². The van der Waals surface area contributed by atoms with Crippen LogP contribution in [0.2, 0.25) is 0 Å². The molecule has 0 aromatic carbocycles. The standard InChI is InChI=1S/C8H13N3S/c1-11-3-2-6(9)8(11)7-4-12-5-10-7/h4-6,8H,2-3,9H2,1H3. The highest BCUT2D eigenvalue weighted by atomic mass is 32.1. The van der Waals surface area contributed by atoms with Gasteiger partial charge in [0.05, 0.1) is 17.2 Å². The predicted octanol–water partition coefficient (Wildman–Crippen LogP) is 0.847. The van der Waals surface area contributed by atoms with E-state index in [9.17, 15) is 0 Å². The van der Waals surface area contributed by atoms with Gasteiger partial charge in [-0.1, -0.05) is 0 Å². The van der Waals surface area contributed by atoms with Gasteiger partial charge in [-0.25, -0.2) is 4.98 Å². The zero-order chi connectivity index (χ0) is 8.55. The number of nitrogens with two attached hydrogens (primary N) is 1. The van der Waals surface area contributed by atoms with Crippen LogP contribution in [0.4, 0.5) is 0 Å². The van der Waals surface area contributed by atoms with Crippen LogP contribution in [0.15, 0.2) is 10.9 Å². The second-order valence-corrected chi connectivity index (χ2v) is 4.01. The predicted molar refractivity (Wildman–Crippen MR) is 50.1 cm³/mol. The highest BCUT2D eigenvalue weighted by Gasteiger charge is 2.31. The maximum atomic E-state index is 5.98. The summed E-state index contributed by atoms with van der Waals surface area (Å²) in [7, 11) is 2.11. The molecular weight excluding hydrogens is 170 g/mol. The summed E-state index contributed by atoms with van der Waals surface area (Å²) in [6, 6.07) is 0.605. The molecule has 0 spiro atoms. The van der Waals surface area contributed by atoms with Gasteiger partial charge in [-0.2, -0.15) is 0 Å². The molecule has 1 aliphatic heterocycles. The lowest BCUT2D eigenvalue weighted by atomic mass is 10.1. The Kier molecular flexibility index (Phi) is 2.12. The monoisotopic (exact) mass is 183 g/mol. The normalized spacial score (nSPS) is 31.2. The first kappa shape index (κ1) is 8.16. The average Bonchev–Trinajstić information content (AvgIpc) is 2.61. The number of nitrogens with zero attached hydrogens (tertiary/aromatic N) is 2. The van der Waals surface area contributed by atoms with E-state index < -0.39 is 0 Å². The molecule has 3 nitrogen and oxygen atoms in total. The Morgan fingerprint density at radius 3 is 3.08 bits per heavy atom. The van der Waals surface area contributed by atoms with Crippen molar-refractivity contribution in [1.29, 1.82) is 0 Å². The highest BCUT2D eigenvalue weighted by Crippen LogP contribution is 2.28. The van der Waals surface area contributed by atoms with Crippen molar-refractivity contribution in [1.82, 2.24) is 9.88 Å². The van der Waals surface area contributed by atoms with Crippen molar-refractivity contribution in [3.8, 4) is 0 Å². The fraction of sp³-hybridized carbons (Fsp3) is 0.625. The van der Waals surface area contributed by atoms with Gasteiger partial charge in [-0.3, -0.25) is 4.90 Å². The summed E-state index contributed by atoms with van der Waals surface area (Å²) in [4.78, 5) is 6.57. The second kappa shape index (κ2) is 3.12. The third-order valence-corrected chi connectivity index (χ3v) is 3.05. The number of hydrogen-bond acceptors (Lipinski definition) is 4. The van der Waals surface area contributed by atoms with Crippen molar-refractivity contribution >= 4 is 11.3 Å². The Labute approximate surface area is 76.2 Å². The number of hydrogen-bond donors (Lipinski definition) is 1. The molecule has 0 aliphatic carbocycles. The van der Waals surface area contributed by atoms with E-state index in [-0.39, 0.29) is 6.04 Å². The van der Waals surface area contributed by atoms with Crippen LogP contribution in [0, 0.1) is 0 Å². The largest absolute Gasteiger partial charge is 0.326 e. The lowest BCUT2D eigenvalue weighted by molar-refractivity contribution is 0.299. The van der Waals surface area contributed by atoms with Crippen molar-refractivity contribution in [3.63, 3.8) is 0 Å². The Morgan fingerprint density at radius 1 is 1.75 bits per heavy atom. The van der Waals surface area contributed by atoms with E-state index in [1.165, 1.54) is 0 Å².